The Balaban J connectivity index is 2.35. The van der Waals surface area contributed by atoms with Gasteiger partial charge in [-0.3, -0.25) is 0 Å². The molecule has 0 spiro atoms. The number of rotatable bonds is 5. The van der Waals surface area contributed by atoms with Gasteiger partial charge in [0.2, 0.25) is 0 Å². The highest BCUT2D eigenvalue weighted by molar-refractivity contribution is 5.98. The van der Waals surface area contributed by atoms with E-state index in [0.29, 0.717) is 23.1 Å². The summed E-state index contributed by atoms with van der Waals surface area (Å²) in [5, 5.41) is 19.8. The van der Waals surface area contributed by atoms with Gasteiger partial charge in [0.05, 0.1) is 6.61 Å². The minimum Gasteiger partial charge on any atom is -0.505 e. The second-order valence-corrected chi connectivity index (χ2v) is 4.21. The summed E-state index contributed by atoms with van der Waals surface area (Å²) in [6, 6.07) is 5.09. The normalized spacial score (nSPS) is 10.6. The van der Waals surface area contributed by atoms with E-state index < -0.39 is 5.97 Å². The van der Waals surface area contributed by atoms with Gasteiger partial charge in [-0.15, -0.1) is 0 Å². The zero-order valence-electron chi connectivity index (χ0n) is 10.6. The second-order valence-electron chi connectivity index (χ2n) is 4.21. The Morgan fingerprint density at radius 2 is 2.21 bits per heavy atom. The Kier molecular flexibility index (Phi) is 3.85. The molecule has 0 radical (unpaired) electrons. The SMILES string of the molecule is CCCCOc1ccc2c(O)c(C(=O)O)ncc2c1. The Morgan fingerprint density at radius 1 is 1.42 bits per heavy atom. The zero-order valence-corrected chi connectivity index (χ0v) is 10.6. The average molecular weight is 261 g/mol. The largest absolute Gasteiger partial charge is 0.505 e. The summed E-state index contributed by atoms with van der Waals surface area (Å²) >= 11 is 0. The summed E-state index contributed by atoms with van der Waals surface area (Å²) in [5.74, 6) is -0.877. The molecule has 0 amide bonds. The van der Waals surface area contributed by atoms with Gasteiger partial charge in [-0.05, 0) is 24.6 Å². The van der Waals surface area contributed by atoms with E-state index in [2.05, 4.69) is 11.9 Å². The van der Waals surface area contributed by atoms with Gasteiger partial charge < -0.3 is 14.9 Å². The van der Waals surface area contributed by atoms with E-state index in [4.69, 9.17) is 9.84 Å². The predicted octanol–water partition coefficient (Wildman–Crippen LogP) is 2.82. The van der Waals surface area contributed by atoms with Crippen LogP contribution in [0.25, 0.3) is 10.8 Å². The smallest absolute Gasteiger partial charge is 0.358 e. The number of ether oxygens (including phenoxy) is 1. The predicted molar refractivity (Wildman–Crippen MR) is 70.8 cm³/mol. The fourth-order valence-electron chi connectivity index (χ4n) is 1.77. The molecule has 0 aliphatic rings. The summed E-state index contributed by atoms with van der Waals surface area (Å²) in [4.78, 5) is 14.6. The lowest BCUT2D eigenvalue weighted by molar-refractivity contribution is 0.0687. The van der Waals surface area contributed by atoms with Gasteiger partial charge in [0.1, 0.15) is 5.75 Å². The van der Waals surface area contributed by atoms with Crippen molar-refractivity contribution >= 4 is 16.7 Å². The Morgan fingerprint density at radius 3 is 2.89 bits per heavy atom. The minimum atomic E-state index is -1.25. The first-order valence-corrected chi connectivity index (χ1v) is 6.11. The molecule has 0 saturated carbocycles. The van der Waals surface area contributed by atoms with Gasteiger partial charge in [-0.2, -0.15) is 0 Å². The third kappa shape index (κ3) is 2.76. The number of carboxylic acid groups (broad SMARTS) is 1. The van der Waals surface area contributed by atoms with Crippen molar-refractivity contribution in [3.8, 4) is 11.5 Å². The number of hydrogen-bond acceptors (Lipinski definition) is 4. The van der Waals surface area contributed by atoms with Gasteiger partial charge in [0, 0.05) is 17.0 Å². The number of benzene rings is 1. The molecule has 1 aromatic heterocycles. The first-order chi connectivity index (χ1) is 9.13. The first kappa shape index (κ1) is 13.1. The van der Waals surface area contributed by atoms with Crippen molar-refractivity contribution in [1.29, 1.82) is 0 Å². The first-order valence-electron chi connectivity index (χ1n) is 6.11. The van der Waals surface area contributed by atoms with Crippen LogP contribution in [-0.2, 0) is 0 Å². The standard InChI is InChI=1S/C14H15NO4/c1-2-3-6-19-10-4-5-11-9(7-10)8-15-12(13(11)16)14(17)18/h4-5,7-8,16H,2-3,6H2,1H3,(H,17,18). The lowest BCUT2D eigenvalue weighted by Crippen LogP contribution is -2.01. The fraction of sp³-hybridized carbons (Fsp3) is 0.286. The highest BCUT2D eigenvalue weighted by Gasteiger charge is 2.14. The number of fused-ring (bicyclic) bond motifs is 1. The van der Waals surface area contributed by atoms with Crippen molar-refractivity contribution in [3.63, 3.8) is 0 Å². The van der Waals surface area contributed by atoms with Gasteiger partial charge >= 0.3 is 5.97 Å². The number of unbranched alkanes of at least 4 members (excludes halogenated alkanes) is 1. The highest BCUT2D eigenvalue weighted by atomic mass is 16.5. The van der Waals surface area contributed by atoms with Gasteiger partial charge in [-0.1, -0.05) is 13.3 Å². The van der Waals surface area contributed by atoms with Crippen LogP contribution in [0.3, 0.4) is 0 Å². The van der Waals surface area contributed by atoms with Gasteiger partial charge in [-0.25, -0.2) is 9.78 Å². The summed E-state index contributed by atoms with van der Waals surface area (Å²) < 4.78 is 5.55. The van der Waals surface area contributed by atoms with Crippen LogP contribution in [0.2, 0.25) is 0 Å². The Labute approximate surface area is 110 Å². The number of pyridine rings is 1. The van der Waals surface area contributed by atoms with Gasteiger partial charge in [0.25, 0.3) is 0 Å². The van der Waals surface area contributed by atoms with Crippen LogP contribution < -0.4 is 4.74 Å². The van der Waals surface area contributed by atoms with Crippen LogP contribution in [0.1, 0.15) is 30.3 Å². The second kappa shape index (κ2) is 5.56. The van der Waals surface area contributed by atoms with E-state index in [9.17, 15) is 9.90 Å². The molecule has 5 heteroatoms. The molecule has 19 heavy (non-hydrogen) atoms. The summed E-state index contributed by atoms with van der Waals surface area (Å²) in [6.45, 7) is 2.72. The fourth-order valence-corrected chi connectivity index (χ4v) is 1.77. The molecule has 0 fully saturated rings. The summed E-state index contributed by atoms with van der Waals surface area (Å²) in [6.07, 6.45) is 3.45. The van der Waals surface area contributed by atoms with Crippen molar-refractivity contribution in [2.45, 2.75) is 19.8 Å². The number of aromatic nitrogens is 1. The molecule has 1 heterocycles. The topological polar surface area (TPSA) is 79.7 Å². The molecule has 1 aromatic carbocycles. The molecule has 100 valence electrons. The molecule has 2 N–H and O–H groups in total. The van der Waals surface area contributed by atoms with Crippen molar-refractivity contribution in [2.24, 2.45) is 0 Å². The zero-order chi connectivity index (χ0) is 13.8. The van der Waals surface area contributed by atoms with Crippen LogP contribution in [-0.4, -0.2) is 27.8 Å². The summed E-state index contributed by atoms with van der Waals surface area (Å²) in [5.41, 5.74) is -0.341. The molecular formula is C14H15NO4. The lowest BCUT2D eigenvalue weighted by atomic mass is 10.1. The van der Waals surface area contributed by atoms with E-state index in [0.717, 1.165) is 12.8 Å². The van der Waals surface area contributed by atoms with Crippen molar-refractivity contribution < 1.29 is 19.7 Å². The van der Waals surface area contributed by atoms with Gasteiger partial charge in [0.15, 0.2) is 11.4 Å². The van der Waals surface area contributed by atoms with E-state index in [1.165, 1.54) is 6.20 Å². The number of carbonyl (C=O) groups is 1. The maximum absolute atomic E-state index is 10.9. The third-order valence-corrected chi connectivity index (χ3v) is 2.80. The molecule has 0 unspecified atom stereocenters. The van der Waals surface area contributed by atoms with Crippen LogP contribution >= 0.6 is 0 Å². The number of aromatic hydroxyl groups is 1. The molecular weight excluding hydrogens is 246 g/mol. The van der Waals surface area contributed by atoms with Crippen molar-refractivity contribution in [1.82, 2.24) is 4.98 Å². The maximum Gasteiger partial charge on any atom is 0.358 e. The number of hydrogen-bond donors (Lipinski definition) is 2. The van der Waals surface area contributed by atoms with E-state index in [-0.39, 0.29) is 11.4 Å². The van der Waals surface area contributed by atoms with Crippen LogP contribution in [0.15, 0.2) is 24.4 Å². The molecule has 0 aliphatic heterocycles. The average Bonchev–Trinajstić information content (AvgIpc) is 2.39. The van der Waals surface area contributed by atoms with Crippen LogP contribution in [0, 0.1) is 0 Å². The molecule has 0 bridgehead atoms. The molecule has 0 atom stereocenters. The molecule has 2 rings (SSSR count). The van der Waals surface area contributed by atoms with Crippen LogP contribution in [0.5, 0.6) is 11.5 Å². The van der Waals surface area contributed by atoms with E-state index >= 15 is 0 Å². The minimum absolute atomic E-state index is 0.315. The van der Waals surface area contributed by atoms with Crippen molar-refractivity contribution in [3.05, 3.63) is 30.1 Å². The summed E-state index contributed by atoms with van der Waals surface area (Å²) in [7, 11) is 0. The van der Waals surface area contributed by atoms with E-state index in [1.807, 2.05) is 0 Å². The molecule has 0 aliphatic carbocycles. The number of aromatic carboxylic acids is 1. The Hall–Kier alpha value is -2.30. The van der Waals surface area contributed by atoms with E-state index in [1.54, 1.807) is 18.2 Å². The number of carboxylic acids is 1. The highest BCUT2D eigenvalue weighted by Crippen LogP contribution is 2.29. The number of nitrogens with zero attached hydrogens (tertiary/aromatic N) is 1. The Bertz CT molecular complexity index is 610. The molecule has 0 saturated heterocycles. The van der Waals surface area contributed by atoms with Crippen molar-refractivity contribution in [2.75, 3.05) is 6.61 Å². The molecule has 5 nitrogen and oxygen atoms in total. The lowest BCUT2D eigenvalue weighted by Gasteiger charge is -2.08. The third-order valence-electron chi connectivity index (χ3n) is 2.80. The monoisotopic (exact) mass is 261 g/mol. The quantitative estimate of drug-likeness (QED) is 0.809. The maximum atomic E-state index is 10.9. The molecule has 2 aromatic rings. The van der Waals surface area contributed by atoms with Crippen LogP contribution in [0.4, 0.5) is 0 Å².